The Labute approximate surface area is 108 Å². The maximum Gasteiger partial charge on any atom is -0.0129 e. The van der Waals surface area contributed by atoms with Crippen LogP contribution in [-0.2, 0) is 0 Å². The molecule has 0 bridgehead atoms. The lowest BCUT2D eigenvalue weighted by Gasteiger charge is -2.44. The van der Waals surface area contributed by atoms with Gasteiger partial charge in [0.25, 0.3) is 0 Å². The molecule has 0 aromatic heterocycles. The van der Waals surface area contributed by atoms with Crippen LogP contribution in [0, 0.1) is 23.2 Å². The van der Waals surface area contributed by atoms with Gasteiger partial charge in [-0.05, 0) is 36.0 Å². The van der Waals surface area contributed by atoms with Gasteiger partial charge in [0, 0.05) is 0 Å². The smallest absolute Gasteiger partial charge is 0.0129 e. The van der Waals surface area contributed by atoms with Gasteiger partial charge in [-0.25, -0.2) is 0 Å². The predicted octanol–water partition coefficient (Wildman–Crippen LogP) is 5.59. The minimum absolute atomic E-state index is 0.493. The first-order chi connectivity index (χ1) is 8.00. The van der Waals surface area contributed by atoms with Crippen LogP contribution in [0.2, 0.25) is 0 Å². The summed E-state index contributed by atoms with van der Waals surface area (Å²) in [4.78, 5) is 0. The number of hydrogen-bond acceptors (Lipinski definition) is 0. The highest BCUT2D eigenvalue weighted by Gasteiger charge is 2.38. The van der Waals surface area contributed by atoms with E-state index in [1.165, 1.54) is 51.4 Å². The highest BCUT2D eigenvalue weighted by atomic mass is 14.4. The van der Waals surface area contributed by atoms with Crippen molar-refractivity contribution in [1.29, 1.82) is 0 Å². The molecule has 2 fully saturated rings. The van der Waals surface area contributed by atoms with E-state index in [0.29, 0.717) is 5.41 Å². The van der Waals surface area contributed by atoms with Crippen LogP contribution in [0.4, 0.5) is 0 Å². The Hall–Kier alpha value is -0.260. The van der Waals surface area contributed by atoms with Crippen LogP contribution in [-0.4, -0.2) is 0 Å². The SMILES string of the molecule is C=C(CC1CCCC1)[C@@H]1C(C)CCCC1(C)C. The first kappa shape index (κ1) is 13.2. The molecular formula is C17H30. The molecule has 0 nitrogen and oxygen atoms in total. The third-order valence-corrected chi connectivity index (χ3v) is 5.36. The third kappa shape index (κ3) is 2.95. The molecule has 2 saturated carbocycles. The summed E-state index contributed by atoms with van der Waals surface area (Å²) in [6.07, 6.45) is 11.4. The van der Waals surface area contributed by atoms with Crippen LogP contribution in [0.1, 0.15) is 72.1 Å². The van der Waals surface area contributed by atoms with Crippen molar-refractivity contribution in [2.24, 2.45) is 23.2 Å². The maximum absolute atomic E-state index is 4.49. The van der Waals surface area contributed by atoms with E-state index in [1.807, 2.05) is 0 Å². The zero-order chi connectivity index (χ0) is 12.5. The Morgan fingerprint density at radius 1 is 1.12 bits per heavy atom. The highest BCUT2D eigenvalue weighted by molar-refractivity contribution is 5.10. The largest absolute Gasteiger partial charge is 0.0995 e. The number of allylic oxidation sites excluding steroid dienone is 1. The van der Waals surface area contributed by atoms with Crippen LogP contribution in [0.3, 0.4) is 0 Å². The molecule has 2 atom stereocenters. The molecule has 0 N–H and O–H groups in total. The highest BCUT2D eigenvalue weighted by Crippen LogP contribution is 2.49. The van der Waals surface area contributed by atoms with Crippen molar-refractivity contribution in [1.82, 2.24) is 0 Å². The quantitative estimate of drug-likeness (QED) is 0.559. The fraction of sp³-hybridized carbons (Fsp3) is 0.882. The standard InChI is InChI=1S/C17H30/c1-13-8-7-11-17(3,4)16(13)14(2)12-15-9-5-6-10-15/h13,15-16H,2,5-12H2,1,3-4H3/t13?,16-/m0/s1. The van der Waals surface area contributed by atoms with Gasteiger partial charge in [-0.15, -0.1) is 0 Å². The lowest BCUT2D eigenvalue weighted by atomic mass is 9.61. The van der Waals surface area contributed by atoms with E-state index in [4.69, 9.17) is 0 Å². The summed E-state index contributed by atoms with van der Waals surface area (Å²) in [5, 5.41) is 0. The van der Waals surface area contributed by atoms with E-state index >= 15 is 0 Å². The Morgan fingerprint density at radius 3 is 2.35 bits per heavy atom. The molecule has 17 heavy (non-hydrogen) atoms. The fourth-order valence-corrected chi connectivity index (χ4v) is 4.64. The lowest BCUT2D eigenvalue weighted by Crippen LogP contribution is -2.35. The zero-order valence-electron chi connectivity index (χ0n) is 12.1. The second-order valence-corrected chi connectivity index (χ2v) is 7.35. The van der Waals surface area contributed by atoms with E-state index in [1.54, 1.807) is 5.57 Å². The van der Waals surface area contributed by atoms with Gasteiger partial charge in [-0.3, -0.25) is 0 Å². The van der Waals surface area contributed by atoms with E-state index in [0.717, 1.165) is 17.8 Å². The van der Waals surface area contributed by atoms with Gasteiger partial charge in [0.1, 0.15) is 0 Å². The summed E-state index contributed by atoms with van der Waals surface area (Å²) in [7, 11) is 0. The Kier molecular flexibility index (Phi) is 4.00. The molecule has 0 saturated heterocycles. The molecule has 2 rings (SSSR count). The molecule has 1 unspecified atom stereocenters. The average Bonchev–Trinajstić information content (AvgIpc) is 2.68. The lowest BCUT2D eigenvalue weighted by molar-refractivity contribution is 0.109. The average molecular weight is 234 g/mol. The molecule has 0 heteroatoms. The van der Waals surface area contributed by atoms with Crippen molar-refractivity contribution < 1.29 is 0 Å². The molecule has 0 spiro atoms. The van der Waals surface area contributed by atoms with Crippen LogP contribution in [0.25, 0.3) is 0 Å². The first-order valence-corrected chi connectivity index (χ1v) is 7.68. The zero-order valence-corrected chi connectivity index (χ0v) is 12.1. The van der Waals surface area contributed by atoms with Gasteiger partial charge < -0.3 is 0 Å². The summed E-state index contributed by atoms with van der Waals surface area (Å²) >= 11 is 0. The van der Waals surface area contributed by atoms with Crippen molar-refractivity contribution in [3.63, 3.8) is 0 Å². The molecule has 2 aliphatic rings. The van der Waals surface area contributed by atoms with Crippen LogP contribution in [0.15, 0.2) is 12.2 Å². The molecular weight excluding hydrogens is 204 g/mol. The number of rotatable bonds is 3. The predicted molar refractivity (Wildman–Crippen MR) is 76.0 cm³/mol. The topological polar surface area (TPSA) is 0 Å². The molecule has 0 aromatic carbocycles. The van der Waals surface area contributed by atoms with E-state index in [9.17, 15) is 0 Å². The fourth-order valence-electron chi connectivity index (χ4n) is 4.64. The van der Waals surface area contributed by atoms with Crippen molar-refractivity contribution in [2.45, 2.75) is 72.1 Å². The van der Waals surface area contributed by atoms with E-state index in [-0.39, 0.29) is 0 Å². The summed E-state index contributed by atoms with van der Waals surface area (Å²) in [6.45, 7) is 11.9. The van der Waals surface area contributed by atoms with E-state index < -0.39 is 0 Å². The van der Waals surface area contributed by atoms with Crippen molar-refractivity contribution in [3.05, 3.63) is 12.2 Å². The van der Waals surface area contributed by atoms with Crippen molar-refractivity contribution >= 4 is 0 Å². The third-order valence-electron chi connectivity index (χ3n) is 5.36. The van der Waals surface area contributed by atoms with Gasteiger partial charge in [0.2, 0.25) is 0 Å². The monoisotopic (exact) mass is 234 g/mol. The van der Waals surface area contributed by atoms with Crippen LogP contribution in [0.5, 0.6) is 0 Å². The van der Waals surface area contributed by atoms with Gasteiger partial charge in [0.05, 0.1) is 0 Å². The van der Waals surface area contributed by atoms with Crippen molar-refractivity contribution in [3.8, 4) is 0 Å². The summed E-state index contributed by atoms with van der Waals surface area (Å²) in [6, 6.07) is 0. The molecule has 2 aliphatic carbocycles. The molecule has 0 amide bonds. The molecule has 0 heterocycles. The minimum atomic E-state index is 0.493. The van der Waals surface area contributed by atoms with Crippen LogP contribution < -0.4 is 0 Å². The maximum atomic E-state index is 4.49. The Bertz CT molecular complexity index is 268. The van der Waals surface area contributed by atoms with Gasteiger partial charge in [-0.2, -0.15) is 0 Å². The van der Waals surface area contributed by atoms with Gasteiger partial charge in [0.15, 0.2) is 0 Å². The second kappa shape index (κ2) is 5.16. The molecule has 98 valence electrons. The van der Waals surface area contributed by atoms with Crippen LogP contribution >= 0.6 is 0 Å². The minimum Gasteiger partial charge on any atom is -0.0995 e. The van der Waals surface area contributed by atoms with E-state index in [2.05, 4.69) is 27.4 Å². The molecule has 0 aliphatic heterocycles. The summed E-state index contributed by atoms with van der Waals surface area (Å²) in [5.74, 6) is 2.59. The molecule has 0 aromatic rings. The second-order valence-electron chi connectivity index (χ2n) is 7.35. The van der Waals surface area contributed by atoms with Gasteiger partial charge >= 0.3 is 0 Å². The number of hydrogen-bond donors (Lipinski definition) is 0. The normalized spacial score (nSPS) is 33.8. The van der Waals surface area contributed by atoms with Crippen molar-refractivity contribution in [2.75, 3.05) is 0 Å². The Morgan fingerprint density at radius 2 is 1.76 bits per heavy atom. The summed E-state index contributed by atoms with van der Waals surface area (Å²) in [5.41, 5.74) is 2.07. The van der Waals surface area contributed by atoms with Gasteiger partial charge in [-0.1, -0.05) is 71.4 Å². The molecule has 0 radical (unpaired) electrons. The Balaban J connectivity index is 1.99. The first-order valence-electron chi connectivity index (χ1n) is 7.68. The summed E-state index contributed by atoms with van der Waals surface area (Å²) < 4.78 is 0.